The van der Waals surface area contributed by atoms with Gasteiger partial charge in [0.05, 0.1) is 6.54 Å². The van der Waals surface area contributed by atoms with Gasteiger partial charge in [-0.25, -0.2) is 11.0 Å². The van der Waals surface area contributed by atoms with Gasteiger partial charge < -0.3 is 0 Å². The fraction of sp³-hybridized carbons (Fsp3) is 0.600. The lowest BCUT2D eigenvalue weighted by molar-refractivity contribution is -0.0931. The molecule has 0 aromatic rings. The number of halogens is 3. The molecule has 0 aliphatic rings. The highest BCUT2D eigenvalue weighted by atomic mass is 19.4. The van der Waals surface area contributed by atoms with E-state index in [9.17, 15) is 13.2 Å². The zero-order chi connectivity index (χ0) is 9.78. The van der Waals surface area contributed by atoms with Crippen LogP contribution < -0.4 is 5.84 Å². The maximum Gasteiger partial charge on any atom is 0.434 e. The first-order valence-electron chi connectivity index (χ1n) is 3.08. The molecule has 0 aromatic heterocycles. The maximum absolute atomic E-state index is 11.7. The molecule has 2 N–H and O–H groups in total. The van der Waals surface area contributed by atoms with Gasteiger partial charge in [-0.2, -0.15) is 13.2 Å². The maximum atomic E-state index is 11.7. The molecule has 4 nitrogen and oxygen atoms in total. The van der Waals surface area contributed by atoms with Crippen molar-refractivity contribution in [2.75, 3.05) is 6.54 Å². The summed E-state index contributed by atoms with van der Waals surface area (Å²) in [4.78, 5) is 0. The third-order valence-corrected chi connectivity index (χ3v) is 0.932. The average Bonchev–Trinajstić information content (AvgIpc) is 1.97. The third-order valence-electron chi connectivity index (χ3n) is 0.932. The number of nitrogens with zero attached hydrogens (tertiary/aromatic N) is 3. The lowest BCUT2D eigenvalue weighted by Crippen LogP contribution is -2.24. The minimum Gasteiger partial charge on any atom is -0.230 e. The Hall–Kier alpha value is -1.11. The van der Waals surface area contributed by atoms with Gasteiger partial charge in [0.15, 0.2) is 5.70 Å². The van der Waals surface area contributed by atoms with Crippen molar-refractivity contribution in [1.29, 1.82) is 0 Å². The first kappa shape index (κ1) is 10.9. The summed E-state index contributed by atoms with van der Waals surface area (Å²) in [5.74, 6) is 5.03. The predicted molar refractivity (Wildman–Crippen MR) is 36.6 cm³/mol. The molecule has 0 aliphatic heterocycles. The minimum absolute atomic E-state index is 0.272. The summed E-state index contributed by atoms with van der Waals surface area (Å²) in [5, 5.41) is 6.57. The Morgan fingerprint density at radius 2 is 2.08 bits per heavy atom. The third kappa shape index (κ3) is 3.91. The quantitative estimate of drug-likeness (QED) is 0.409. The van der Waals surface area contributed by atoms with Gasteiger partial charge in [0, 0.05) is 0 Å². The van der Waals surface area contributed by atoms with Crippen molar-refractivity contribution in [3.05, 3.63) is 12.3 Å². The number of alkyl halides is 3. The molecule has 0 spiro atoms. The number of hydrogen-bond donors (Lipinski definition) is 1. The highest BCUT2D eigenvalue weighted by molar-refractivity contribution is 4.97. The molecule has 70 valence electrons. The second-order valence-corrected chi connectivity index (χ2v) is 1.89. The monoisotopic (exact) mass is 182 g/mol. The van der Waals surface area contributed by atoms with Gasteiger partial charge in [-0.05, 0) is 6.92 Å². The molecule has 7 heteroatoms. The summed E-state index contributed by atoms with van der Waals surface area (Å²) in [6, 6.07) is 0. The molecule has 0 rings (SSSR count). The van der Waals surface area contributed by atoms with E-state index in [0.29, 0.717) is 0 Å². The van der Waals surface area contributed by atoms with Crippen LogP contribution in [0.4, 0.5) is 13.2 Å². The standard InChI is InChI=1S/C5H9F3N4/c1-3-12(9)11-10-4(2)5(6,7)8/h2-3,9H2,1H3. The Bertz CT molecular complexity index is 186. The number of hydrogen-bond acceptors (Lipinski definition) is 3. The first-order valence-corrected chi connectivity index (χ1v) is 3.08. The van der Waals surface area contributed by atoms with Gasteiger partial charge in [-0.3, -0.25) is 0 Å². The van der Waals surface area contributed by atoms with E-state index >= 15 is 0 Å². The molecule has 0 saturated carbocycles. The molecule has 0 saturated heterocycles. The Morgan fingerprint density at radius 1 is 1.58 bits per heavy atom. The van der Waals surface area contributed by atoms with Crippen molar-refractivity contribution in [1.82, 2.24) is 5.12 Å². The van der Waals surface area contributed by atoms with Crippen molar-refractivity contribution < 1.29 is 13.2 Å². The van der Waals surface area contributed by atoms with Crippen LogP contribution in [-0.2, 0) is 0 Å². The lowest BCUT2D eigenvalue weighted by Gasteiger charge is -2.07. The van der Waals surface area contributed by atoms with E-state index in [0.717, 1.165) is 5.12 Å². The van der Waals surface area contributed by atoms with Gasteiger partial charge in [0.25, 0.3) is 0 Å². The second kappa shape index (κ2) is 4.05. The smallest absolute Gasteiger partial charge is 0.230 e. The van der Waals surface area contributed by atoms with Crippen LogP contribution in [0.1, 0.15) is 6.92 Å². The number of rotatable bonds is 3. The van der Waals surface area contributed by atoms with Crippen LogP contribution in [0.25, 0.3) is 0 Å². The molecule has 0 heterocycles. The predicted octanol–water partition coefficient (Wildman–Crippen LogP) is 1.63. The van der Waals surface area contributed by atoms with Crippen molar-refractivity contribution in [2.45, 2.75) is 13.1 Å². The molecule has 0 fully saturated rings. The van der Waals surface area contributed by atoms with Gasteiger partial charge in [-0.1, -0.05) is 11.8 Å². The van der Waals surface area contributed by atoms with Crippen molar-refractivity contribution in [3.8, 4) is 0 Å². The Balaban J connectivity index is 4.10. The van der Waals surface area contributed by atoms with Crippen molar-refractivity contribution in [2.24, 2.45) is 16.2 Å². The minimum atomic E-state index is -4.54. The molecule has 0 unspecified atom stereocenters. The molecule has 0 bridgehead atoms. The SMILES string of the molecule is C=C(N=NN(N)CC)C(F)(F)F. The van der Waals surface area contributed by atoms with Crippen LogP contribution in [-0.4, -0.2) is 17.8 Å². The zero-order valence-electron chi connectivity index (χ0n) is 6.47. The molecule has 0 aromatic carbocycles. The van der Waals surface area contributed by atoms with Crippen molar-refractivity contribution >= 4 is 0 Å². The Kier molecular flexibility index (Phi) is 3.68. The van der Waals surface area contributed by atoms with Crippen LogP contribution in [0.5, 0.6) is 0 Å². The lowest BCUT2D eigenvalue weighted by atomic mass is 10.5. The fourth-order valence-corrected chi connectivity index (χ4v) is 0.231. The summed E-state index contributed by atoms with van der Waals surface area (Å²) < 4.78 is 35.1. The summed E-state index contributed by atoms with van der Waals surface area (Å²) in [7, 11) is 0. The Labute approximate surface area is 67.5 Å². The molecular weight excluding hydrogens is 173 g/mol. The topological polar surface area (TPSA) is 54.0 Å². The van der Waals surface area contributed by atoms with E-state index in [1.54, 1.807) is 6.92 Å². The largest absolute Gasteiger partial charge is 0.434 e. The summed E-state index contributed by atoms with van der Waals surface area (Å²) in [6.45, 7) is 4.56. The molecule has 0 amide bonds. The summed E-state index contributed by atoms with van der Waals surface area (Å²) in [5.41, 5.74) is -1.27. The van der Waals surface area contributed by atoms with Crippen LogP contribution in [0, 0.1) is 0 Å². The Morgan fingerprint density at radius 3 is 2.42 bits per heavy atom. The molecule has 0 radical (unpaired) electrons. The van der Waals surface area contributed by atoms with E-state index in [1.807, 2.05) is 0 Å². The number of nitrogens with two attached hydrogens (primary N) is 1. The number of allylic oxidation sites excluding steroid dienone is 1. The first-order chi connectivity index (χ1) is 5.38. The molecular formula is C5H9F3N4. The molecule has 0 atom stereocenters. The highest BCUT2D eigenvalue weighted by Crippen LogP contribution is 2.24. The van der Waals surface area contributed by atoms with Crippen LogP contribution in [0.3, 0.4) is 0 Å². The van der Waals surface area contributed by atoms with Crippen molar-refractivity contribution in [3.63, 3.8) is 0 Å². The van der Waals surface area contributed by atoms with E-state index in [4.69, 9.17) is 5.84 Å². The van der Waals surface area contributed by atoms with Gasteiger partial charge in [-0.15, -0.1) is 5.11 Å². The van der Waals surface area contributed by atoms with Gasteiger partial charge >= 0.3 is 6.18 Å². The van der Waals surface area contributed by atoms with Crippen LogP contribution in [0.2, 0.25) is 0 Å². The van der Waals surface area contributed by atoms with E-state index < -0.39 is 11.9 Å². The van der Waals surface area contributed by atoms with E-state index in [2.05, 4.69) is 16.9 Å². The summed E-state index contributed by atoms with van der Waals surface area (Å²) in [6.07, 6.45) is -4.54. The fourth-order valence-electron chi connectivity index (χ4n) is 0.231. The van der Waals surface area contributed by atoms with Gasteiger partial charge in [0.2, 0.25) is 0 Å². The average molecular weight is 182 g/mol. The summed E-state index contributed by atoms with van der Waals surface area (Å²) >= 11 is 0. The zero-order valence-corrected chi connectivity index (χ0v) is 6.47. The van der Waals surface area contributed by atoms with Crippen LogP contribution in [0.15, 0.2) is 22.6 Å². The highest BCUT2D eigenvalue weighted by Gasteiger charge is 2.32. The molecule has 0 aliphatic carbocycles. The van der Waals surface area contributed by atoms with Crippen LogP contribution >= 0.6 is 0 Å². The normalized spacial score (nSPS) is 12.1. The van der Waals surface area contributed by atoms with E-state index in [-0.39, 0.29) is 6.54 Å². The number of hydrazine groups is 1. The van der Waals surface area contributed by atoms with Gasteiger partial charge in [0.1, 0.15) is 0 Å². The molecule has 12 heavy (non-hydrogen) atoms. The van der Waals surface area contributed by atoms with E-state index in [1.165, 1.54) is 0 Å². The second-order valence-electron chi connectivity index (χ2n) is 1.89.